The van der Waals surface area contributed by atoms with Gasteiger partial charge in [-0.05, 0) is 43.3 Å². The molecule has 1 amide bonds. The highest BCUT2D eigenvalue weighted by molar-refractivity contribution is 9.10. The number of fused-ring (bicyclic) bond motifs is 2. The van der Waals surface area contributed by atoms with Crippen molar-refractivity contribution < 1.29 is 4.79 Å². The number of carbonyl (C=O) groups is 1. The van der Waals surface area contributed by atoms with Crippen molar-refractivity contribution in [2.45, 2.75) is 6.92 Å². The third-order valence-electron chi connectivity index (χ3n) is 4.62. The Kier molecular flexibility index (Phi) is 4.00. The summed E-state index contributed by atoms with van der Waals surface area (Å²) >= 11 is 3.47. The van der Waals surface area contributed by atoms with Crippen LogP contribution in [-0.2, 0) is 11.8 Å². The number of anilines is 1. The van der Waals surface area contributed by atoms with E-state index in [1.54, 1.807) is 30.2 Å². The molecule has 0 saturated heterocycles. The summed E-state index contributed by atoms with van der Waals surface area (Å²) in [6.07, 6.45) is 1.71. The zero-order valence-electron chi connectivity index (χ0n) is 14.4. The first-order chi connectivity index (χ1) is 12.5. The number of likely N-dealkylation sites (N-methyl/N-ethyl adjacent to an activating group) is 1. The molecule has 0 unspecified atom stereocenters. The number of aromatic nitrogens is 2. The molecule has 0 saturated carbocycles. The number of carbonyl (C=O) groups excluding carboxylic acids is 1. The maximum absolute atomic E-state index is 12.9. The quantitative estimate of drug-likeness (QED) is 0.607. The van der Waals surface area contributed by atoms with Gasteiger partial charge in [0.1, 0.15) is 5.82 Å². The summed E-state index contributed by atoms with van der Waals surface area (Å²) in [6.45, 7) is 2.52. The van der Waals surface area contributed by atoms with Gasteiger partial charge in [0.05, 0.1) is 22.2 Å². The lowest BCUT2D eigenvalue weighted by atomic mass is 10.1. The van der Waals surface area contributed by atoms with Crippen LogP contribution in [0.15, 0.2) is 51.7 Å². The summed E-state index contributed by atoms with van der Waals surface area (Å²) in [5.41, 5.74) is 2.75. The van der Waals surface area contributed by atoms with E-state index in [1.807, 2.05) is 37.3 Å². The van der Waals surface area contributed by atoms with Gasteiger partial charge in [0.15, 0.2) is 0 Å². The van der Waals surface area contributed by atoms with Crippen molar-refractivity contribution in [2.24, 2.45) is 7.05 Å². The molecule has 2 heterocycles. The molecule has 0 atom stereocenters. The molecule has 6 heteroatoms. The van der Waals surface area contributed by atoms with Crippen molar-refractivity contribution in [2.75, 3.05) is 11.4 Å². The summed E-state index contributed by atoms with van der Waals surface area (Å²) in [4.78, 5) is 31.8. The fourth-order valence-corrected chi connectivity index (χ4v) is 3.64. The predicted octanol–water partition coefficient (Wildman–Crippen LogP) is 3.60. The molecule has 26 heavy (non-hydrogen) atoms. The van der Waals surface area contributed by atoms with Crippen LogP contribution in [0.5, 0.6) is 0 Å². The molecule has 0 bridgehead atoms. The molecule has 2 aromatic carbocycles. The molecular formula is C20H16BrN3O2. The molecule has 3 aromatic rings. The maximum atomic E-state index is 12.9. The van der Waals surface area contributed by atoms with Crippen LogP contribution in [0.4, 0.5) is 5.69 Å². The molecule has 130 valence electrons. The molecule has 1 aromatic heterocycles. The van der Waals surface area contributed by atoms with Gasteiger partial charge in [-0.2, -0.15) is 0 Å². The Hall–Kier alpha value is -2.73. The Morgan fingerprint density at radius 2 is 1.92 bits per heavy atom. The molecule has 0 aliphatic carbocycles. The fourth-order valence-electron chi connectivity index (χ4n) is 3.28. The molecule has 0 N–H and O–H groups in total. The van der Waals surface area contributed by atoms with Crippen LogP contribution in [0.1, 0.15) is 18.3 Å². The van der Waals surface area contributed by atoms with Crippen LogP contribution in [0.25, 0.3) is 22.6 Å². The minimum absolute atomic E-state index is 0.0805. The number of benzene rings is 2. The second-order valence-electron chi connectivity index (χ2n) is 6.12. The lowest BCUT2D eigenvalue weighted by Gasteiger charge is -2.13. The first-order valence-corrected chi connectivity index (χ1v) is 9.10. The highest BCUT2D eigenvalue weighted by Gasteiger charge is 2.31. The van der Waals surface area contributed by atoms with Crippen molar-refractivity contribution in [3.05, 3.63) is 68.7 Å². The Bertz CT molecular complexity index is 1150. The van der Waals surface area contributed by atoms with Gasteiger partial charge < -0.3 is 4.90 Å². The Labute approximate surface area is 158 Å². The molecule has 5 nitrogen and oxygen atoms in total. The monoisotopic (exact) mass is 409 g/mol. The molecule has 4 rings (SSSR count). The molecular weight excluding hydrogens is 394 g/mol. The van der Waals surface area contributed by atoms with Gasteiger partial charge in [0.2, 0.25) is 0 Å². The zero-order chi connectivity index (χ0) is 18.4. The van der Waals surface area contributed by atoms with Gasteiger partial charge in [-0.1, -0.05) is 28.1 Å². The highest BCUT2D eigenvalue weighted by Crippen LogP contribution is 2.39. The van der Waals surface area contributed by atoms with Crippen LogP contribution in [0, 0.1) is 0 Å². The Morgan fingerprint density at radius 3 is 2.69 bits per heavy atom. The molecule has 0 fully saturated rings. The number of nitrogens with zero attached hydrogens (tertiary/aromatic N) is 3. The van der Waals surface area contributed by atoms with Crippen molar-refractivity contribution in [1.29, 1.82) is 0 Å². The summed E-state index contributed by atoms with van der Waals surface area (Å²) < 4.78 is 2.38. The average molecular weight is 410 g/mol. The smallest absolute Gasteiger partial charge is 0.261 e. The van der Waals surface area contributed by atoms with Crippen molar-refractivity contribution in [1.82, 2.24) is 9.55 Å². The van der Waals surface area contributed by atoms with Crippen LogP contribution >= 0.6 is 15.9 Å². The van der Waals surface area contributed by atoms with Gasteiger partial charge in [0.25, 0.3) is 11.5 Å². The van der Waals surface area contributed by atoms with E-state index in [4.69, 9.17) is 0 Å². The zero-order valence-corrected chi connectivity index (χ0v) is 15.9. The molecule has 0 spiro atoms. The highest BCUT2D eigenvalue weighted by atomic mass is 79.9. The van der Waals surface area contributed by atoms with Crippen molar-refractivity contribution >= 4 is 50.1 Å². The van der Waals surface area contributed by atoms with E-state index in [0.29, 0.717) is 28.8 Å². The second kappa shape index (κ2) is 6.21. The molecule has 1 aliphatic heterocycles. The number of halogens is 1. The minimum Gasteiger partial charge on any atom is -0.308 e. The number of amides is 1. The number of hydrogen-bond acceptors (Lipinski definition) is 3. The molecule has 1 aliphatic rings. The van der Waals surface area contributed by atoms with Crippen molar-refractivity contribution in [3.63, 3.8) is 0 Å². The van der Waals surface area contributed by atoms with E-state index < -0.39 is 0 Å². The van der Waals surface area contributed by atoms with E-state index >= 15 is 0 Å². The largest absolute Gasteiger partial charge is 0.308 e. The summed E-state index contributed by atoms with van der Waals surface area (Å²) in [7, 11) is 1.67. The second-order valence-corrected chi connectivity index (χ2v) is 7.04. The van der Waals surface area contributed by atoms with E-state index in [9.17, 15) is 9.59 Å². The van der Waals surface area contributed by atoms with E-state index in [2.05, 4.69) is 20.9 Å². The first kappa shape index (κ1) is 16.7. The number of para-hydroxylation sites is 1. The molecule has 0 radical (unpaired) electrons. The van der Waals surface area contributed by atoms with Gasteiger partial charge in [-0.15, -0.1) is 0 Å². The van der Waals surface area contributed by atoms with E-state index in [0.717, 1.165) is 15.7 Å². The van der Waals surface area contributed by atoms with Gasteiger partial charge in [-0.3, -0.25) is 14.2 Å². The minimum atomic E-state index is -0.130. The van der Waals surface area contributed by atoms with Crippen LogP contribution in [-0.4, -0.2) is 22.0 Å². The first-order valence-electron chi connectivity index (χ1n) is 8.30. The maximum Gasteiger partial charge on any atom is 0.261 e. The lowest BCUT2D eigenvalue weighted by Crippen LogP contribution is -2.26. The topological polar surface area (TPSA) is 55.2 Å². The van der Waals surface area contributed by atoms with Gasteiger partial charge in [-0.25, -0.2) is 4.98 Å². The predicted molar refractivity (Wildman–Crippen MR) is 107 cm³/mol. The SMILES string of the molecule is CCN1C(=O)C(=Cc2nc3ccccc3c(=O)n2C)c2cc(Br)ccc21. The van der Waals surface area contributed by atoms with Gasteiger partial charge in [0, 0.05) is 23.6 Å². The van der Waals surface area contributed by atoms with Crippen LogP contribution < -0.4 is 10.5 Å². The van der Waals surface area contributed by atoms with Crippen LogP contribution in [0.2, 0.25) is 0 Å². The third kappa shape index (κ3) is 2.49. The average Bonchev–Trinajstić information content (AvgIpc) is 2.90. The third-order valence-corrected chi connectivity index (χ3v) is 5.12. The fraction of sp³-hybridized carbons (Fsp3) is 0.150. The summed E-state index contributed by atoms with van der Waals surface area (Å²) in [6, 6.07) is 13.0. The Balaban J connectivity index is 1.96. The normalized spacial score (nSPS) is 15.1. The Morgan fingerprint density at radius 1 is 1.15 bits per heavy atom. The summed E-state index contributed by atoms with van der Waals surface area (Å²) in [5, 5.41) is 0.563. The standard InChI is InChI=1S/C20H16BrN3O2/c1-3-24-17-9-8-12(21)10-14(17)15(20(24)26)11-18-22-16-7-5-4-6-13(16)19(25)23(18)2/h4-11H,3H2,1-2H3. The lowest BCUT2D eigenvalue weighted by molar-refractivity contribution is -0.112. The van der Waals surface area contributed by atoms with E-state index in [-0.39, 0.29) is 11.5 Å². The number of rotatable bonds is 2. The van der Waals surface area contributed by atoms with Crippen LogP contribution in [0.3, 0.4) is 0 Å². The number of hydrogen-bond donors (Lipinski definition) is 0. The summed E-state index contributed by atoms with van der Waals surface area (Å²) in [5.74, 6) is 0.379. The van der Waals surface area contributed by atoms with Crippen molar-refractivity contribution in [3.8, 4) is 0 Å². The van der Waals surface area contributed by atoms with E-state index in [1.165, 1.54) is 4.57 Å². The van der Waals surface area contributed by atoms with Gasteiger partial charge >= 0.3 is 0 Å².